The van der Waals surface area contributed by atoms with Gasteiger partial charge in [-0.15, -0.1) is 11.8 Å². The summed E-state index contributed by atoms with van der Waals surface area (Å²) < 4.78 is 10.9. The molecule has 0 radical (unpaired) electrons. The molecule has 0 aromatic heterocycles. The molecule has 5 nitrogen and oxygen atoms in total. The topological polar surface area (TPSA) is 50.8 Å². The van der Waals surface area contributed by atoms with E-state index in [4.69, 9.17) is 9.47 Å². The van der Waals surface area contributed by atoms with E-state index in [1.807, 2.05) is 48.5 Å². The molecule has 1 heterocycles. The lowest BCUT2D eigenvalue weighted by Crippen LogP contribution is -2.44. The van der Waals surface area contributed by atoms with Gasteiger partial charge in [0.05, 0.1) is 37.4 Å². The van der Waals surface area contributed by atoms with Crippen LogP contribution in [-0.2, 0) is 9.53 Å². The minimum absolute atomic E-state index is 0.0497. The van der Waals surface area contributed by atoms with Crippen molar-refractivity contribution in [3.63, 3.8) is 0 Å². The fourth-order valence-electron chi connectivity index (χ4n) is 4.23. The number of thioether (sulfide) groups is 1. The first-order chi connectivity index (χ1) is 16.7. The highest BCUT2D eigenvalue weighted by molar-refractivity contribution is 8.00. The summed E-state index contributed by atoms with van der Waals surface area (Å²) in [5.74, 6) is 1.28. The quantitative estimate of drug-likeness (QED) is 0.459. The van der Waals surface area contributed by atoms with E-state index in [0.29, 0.717) is 25.5 Å². The normalized spacial score (nSPS) is 15.1. The van der Waals surface area contributed by atoms with Crippen LogP contribution < -0.4 is 10.1 Å². The standard InChI is InChI=1S/C28H32N2O3S/c1-32-25-14-12-22(13-15-25)26(30-16-18-33-19-17-30)20-29-27(31)21-34-28(23-8-4-2-5-9-23)24-10-6-3-7-11-24/h2-15,26,28H,16-21H2,1H3,(H,29,31)/t26-/m0/s1. The van der Waals surface area contributed by atoms with Crippen LogP contribution in [0.4, 0.5) is 0 Å². The van der Waals surface area contributed by atoms with E-state index in [1.165, 1.54) is 16.7 Å². The smallest absolute Gasteiger partial charge is 0.230 e. The van der Waals surface area contributed by atoms with Gasteiger partial charge in [-0.25, -0.2) is 0 Å². The maximum absolute atomic E-state index is 12.9. The van der Waals surface area contributed by atoms with Gasteiger partial charge in [-0.3, -0.25) is 9.69 Å². The van der Waals surface area contributed by atoms with Crippen molar-refractivity contribution < 1.29 is 14.3 Å². The molecule has 1 N–H and O–H groups in total. The summed E-state index contributed by atoms with van der Waals surface area (Å²) in [5.41, 5.74) is 3.58. The Morgan fingerprint density at radius 2 is 1.50 bits per heavy atom. The largest absolute Gasteiger partial charge is 0.497 e. The molecule has 3 aromatic carbocycles. The van der Waals surface area contributed by atoms with Crippen molar-refractivity contribution in [2.45, 2.75) is 11.3 Å². The van der Waals surface area contributed by atoms with Crippen molar-refractivity contribution >= 4 is 17.7 Å². The number of methoxy groups -OCH3 is 1. The summed E-state index contributed by atoms with van der Waals surface area (Å²) in [5, 5.41) is 3.31. The lowest BCUT2D eigenvalue weighted by molar-refractivity contribution is -0.118. The first-order valence-corrected chi connectivity index (χ1v) is 12.7. The lowest BCUT2D eigenvalue weighted by Gasteiger charge is -2.35. The number of nitrogens with zero attached hydrogens (tertiary/aromatic N) is 1. The van der Waals surface area contributed by atoms with Gasteiger partial charge in [0.2, 0.25) is 5.91 Å². The summed E-state index contributed by atoms with van der Waals surface area (Å²) in [4.78, 5) is 15.3. The minimum atomic E-state index is 0.0497. The van der Waals surface area contributed by atoms with E-state index >= 15 is 0 Å². The van der Waals surface area contributed by atoms with Gasteiger partial charge in [-0.2, -0.15) is 0 Å². The van der Waals surface area contributed by atoms with Crippen LogP contribution in [0.25, 0.3) is 0 Å². The highest BCUT2D eigenvalue weighted by Crippen LogP contribution is 2.35. The number of carbonyl (C=O) groups excluding carboxylic acids is 1. The van der Waals surface area contributed by atoms with Crippen LogP contribution in [0.5, 0.6) is 5.75 Å². The molecule has 1 aliphatic rings. The van der Waals surface area contributed by atoms with Gasteiger partial charge in [0.25, 0.3) is 0 Å². The van der Waals surface area contributed by atoms with E-state index in [9.17, 15) is 4.79 Å². The van der Waals surface area contributed by atoms with Crippen molar-refractivity contribution in [1.29, 1.82) is 0 Å². The Balaban J connectivity index is 1.40. The average Bonchev–Trinajstić information content (AvgIpc) is 2.91. The Kier molecular flexibility index (Phi) is 9.02. The molecule has 0 spiro atoms. The van der Waals surface area contributed by atoms with Gasteiger partial charge in [0.15, 0.2) is 0 Å². The predicted octanol–water partition coefficient (Wildman–Crippen LogP) is 4.71. The molecule has 0 unspecified atom stereocenters. The first kappa shape index (κ1) is 24.3. The third-order valence-corrected chi connectivity index (χ3v) is 7.37. The van der Waals surface area contributed by atoms with E-state index in [1.54, 1.807) is 18.9 Å². The minimum Gasteiger partial charge on any atom is -0.497 e. The van der Waals surface area contributed by atoms with Gasteiger partial charge in [0.1, 0.15) is 5.75 Å². The number of amides is 1. The van der Waals surface area contributed by atoms with Gasteiger partial charge in [0, 0.05) is 19.6 Å². The van der Waals surface area contributed by atoms with Crippen molar-refractivity contribution in [2.24, 2.45) is 0 Å². The molecular weight excluding hydrogens is 444 g/mol. The van der Waals surface area contributed by atoms with E-state index in [-0.39, 0.29) is 17.2 Å². The summed E-state index contributed by atoms with van der Waals surface area (Å²) in [6.45, 7) is 3.70. The third-order valence-electron chi connectivity index (χ3n) is 6.07. The second-order valence-electron chi connectivity index (χ2n) is 8.25. The number of benzene rings is 3. The van der Waals surface area contributed by atoms with Gasteiger partial charge in [-0.1, -0.05) is 72.8 Å². The summed E-state index contributed by atoms with van der Waals surface area (Å²) in [6.07, 6.45) is 0. The summed E-state index contributed by atoms with van der Waals surface area (Å²) in [7, 11) is 1.67. The fourth-order valence-corrected chi connectivity index (χ4v) is 5.35. The lowest BCUT2D eigenvalue weighted by atomic mass is 10.0. The molecule has 34 heavy (non-hydrogen) atoms. The van der Waals surface area contributed by atoms with Crippen molar-refractivity contribution in [3.05, 3.63) is 102 Å². The fraction of sp³-hybridized carbons (Fsp3) is 0.321. The Labute approximate surface area is 206 Å². The van der Waals surface area contributed by atoms with Gasteiger partial charge >= 0.3 is 0 Å². The molecule has 0 aliphatic carbocycles. The molecule has 1 saturated heterocycles. The molecule has 6 heteroatoms. The summed E-state index contributed by atoms with van der Waals surface area (Å²) >= 11 is 1.66. The molecule has 3 aromatic rings. The van der Waals surface area contributed by atoms with Gasteiger partial charge < -0.3 is 14.8 Å². The molecule has 1 aliphatic heterocycles. The van der Waals surface area contributed by atoms with Crippen LogP contribution in [0.3, 0.4) is 0 Å². The molecule has 0 bridgehead atoms. The van der Waals surface area contributed by atoms with E-state index in [2.05, 4.69) is 46.6 Å². The SMILES string of the molecule is COc1ccc([C@H](CNC(=O)CSC(c2ccccc2)c2ccccc2)N2CCOCC2)cc1. The Morgan fingerprint density at radius 1 is 0.912 bits per heavy atom. The van der Waals surface area contributed by atoms with Crippen LogP contribution in [-0.4, -0.2) is 56.5 Å². The van der Waals surface area contributed by atoms with Crippen LogP contribution in [0.15, 0.2) is 84.9 Å². The zero-order valence-electron chi connectivity index (χ0n) is 19.6. The van der Waals surface area contributed by atoms with Crippen molar-refractivity contribution in [1.82, 2.24) is 10.2 Å². The predicted molar refractivity (Wildman–Crippen MR) is 138 cm³/mol. The third kappa shape index (κ3) is 6.63. The maximum atomic E-state index is 12.9. The first-order valence-electron chi connectivity index (χ1n) is 11.7. The molecule has 178 valence electrons. The molecule has 4 rings (SSSR count). The van der Waals surface area contributed by atoms with Crippen LogP contribution in [0.1, 0.15) is 28.0 Å². The van der Waals surface area contributed by atoms with Crippen LogP contribution in [0, 0.1) is 0 Å². The zero-order chi connectivity index (χ0) is 23.6. The Bertz CT molecular complexity index is 969. The van der Waals surface area contributed by atoms with Crippen molar-refractivity contribution in [3.8, 4) is 5.75 Å². The van der Waals surface area contributed by atoms with Crippen LogP contribution >= 0.6 is 11.8 Å². The second kappa shape index (κ2) is 12.6. The average molecular weight is 477 g/mol. The molecule has 1 fully saturated rings. The van der Waals surface area contributed by atoms with Crippen molar-refractivity contribution in [2.75, 3.05) is 45.7 Å². The maximum Gasteiger partial charge on any atom is 0.230 e. The summed E-state index contributed by atoms with van der Waals surface area (Å²) in [6, 6.07) is 29.0. The number of hydrogen-bond acceptors (Lipinski definition) is 5. The number of morpholine rings is 1. The van der Waals surface area contributed by atoms with Crippen LogP contribution in [0.2, 0.25) is 0 Å². The van der Waals surface area contributed by atoms with Gasteiger partial charge in [-0.05, 0) is 28.8 Å². The van der Waals surface area contributed by atoms with E-state index in [0.717, 1.165) is 18.8 Å². The molecule has 1 amide bonds. The number of hydrogen-bond donors (Lipinski definition) is 1. The number of nitrogens with one attached hydrogen (secondary N) is 1. The van der Waals surface area contributed by atoms with E-state index < -0.39 is 0 Å². The molecular formula is C28H32N2O3S. The zero-order valence-corrected chi connectivity index (χ0v) is 20.4. The highest BCUT2D eigenvalue weighted by Gasteiger charge is 2.24. The molecule has 1 atom stereocenters. The second-order valence-corrected chi connectivity index (χ2v) is 9.35. The molecule has 0 saturated carbocycles. The Hall–Kier alpha value is -2.80. The monoisotopic (exact) mass is 476 g/mol. The Morgan fingerprint density at radius 3 is 2.06 bits per heavy atom. The number of rotatable bonds is 10. The number of carbonyl (C=O) groups is 1. The highest BCUT2D eigenvalue weighted by atomic mass is 32.2. The number of ether oxygens (including phenoxy) is 2.